The van der Waals surface area contributed by atoms with E-state index in [2.05, 4.69) is 20.6 Å². The standard InChI is InChI=1S/C20H19N5O5/c1-14(26)30-17-9-8-15(10-18(17)28-2)11-22-23-19(27)12-29-20-21-13-25(24-20)16-6-4-3-5-7-16/h3-11,13H,12H2,1-2H3,(H,23,27)/b22-11+. The molecular formula is C20H19N5O5. The van der Waals surface area contributed by atoms with Crippen LogP contribution in [0.1, 0.15) is 12.5 Å². The smallest absolute Gasteiger partial charge is 0.336 e. The van der Waals surface area contributed by atoms with Crippen LogP contribution in [0.25, 0.3) is 5.69 Å². The molecule has 0 saturated carbocycles. The number of hydrogen-bond donors (Lipinski definition) is 1. The molecule has 0 spiro atoms. The van der Waals surface area contributed by atoms with Crippen LogP contribution in [0.15, 0.2) is 60.0 Å². The Morgan fingerprint density at radius 3 is 2.70 bits per heavy atom. The second kappa shape index (κ2) is 9.82. The van der Waals surface area contributed by atoms with Crippen molar-refractivity contribution in [1.29, 1.82) is 0 Å². The maximum atomic E-state index is 11.9. The predicted molar refractivity (Wildman–Crippen MR) is 107 cm³/mol. The number of esters is 1. The van der Waals surface area contributed by atoms with Crippen molar-refractivity contribution in [3.63, 3.8) is 0 Å². The van der Waals surface area contributed by atoms with Crippen molar-refractivity contribution in [3.8, 4) is 23.2 Å². The Bertz CT molecular complexity index is 1050. The van der Waals surface area contributed by atoms with Crippen LogP contribution in [0.4, 0.5) is 0 Å². The van der Waals surface area contributed by atoms with Gasteiger partial charge in [0.05, 0.1) is 19.0 Å². The first-order valence-electron chi connectivity index (χ1n) is 8.83. The Kier molecular flexibility index (Phi) is 6.72. The molecule has 3 rings (SSSR count). The summed E-state index contributed by atoms with van der Waals surface area (Å²) in [6.45, 7) is 0.999. The first-order valence-corrected chi connectivity index (χ1v) is 8.83. The summed E-state index contributed by atoms with van der Waals surface area (Å²) in [6.07, 6.45) is 2.91. The minimum atomic E-state index is -0.481. The molecule has 0 saturated heterocycles. The van der Waals surface area contributed by atoms with Crippen molar-refractivity contribution in [2.24, 2.45) is 5.10 Å². The number of ether oxygens (including phenoxy) is 3. The third-order valence-electron chi connectivity index (χ3n) is 3.67. The number of para-hydroxylation sites is 1. The summed E-state index contributed by atoms with van der Waals surface area (Å²) in [5.41, 5.74) is 3.80. The lowest BCUT2D eigenvalue weighted by Crippen LogP contribution is -2.24. The van der Waals surface area contributed by atoms with Gasteiger partial charge in [0, 0.05) is 6.92 Å². The molecule has 1 amide bonds. The Hall–Kier alpha value is -4.21. The van der Waals surface area contributed by atoms with Gasteiger partial charge in [-0.15, -0.1) is 5.10 Å². The van der Waals surface area contributed by atoms with Crippen molar-refractivity contribution in [3.05, 3.63) is 60.4 Å². The minimum absolute atomic E-state index is 0.0729. The number of carbonyl (C=O) groups excluding carboxylic acids is 2. The van der Waals surface area contributed by atoms with Gasteiger partial charge in [-0.1, -0.05) is 18.2 Å². The molecule has 1 N–H and O–H groups in total. The number of rotatable bonds is 8. The Labute approximate surface area is 172 Å². The van der Waals surface area contributed by atoms with Gasteiger partial charge in [-0.2, -0.15) is 10.1 Å². The highest BCUT2D eigenvalue weighted by atomic mass is 16.6. The highest BCUT2D eigenvalue weighted by molar-refractivity contribution is 5.84. The van der Waals surface area contributed by atoms with E-state index in [0.29, 0.717) is 17.1 Å². The number of nitrogens with one attached hydrogen (secondary N) is 1. The fourth-order valence-corrected chi connectivity index (χ4v) is 2.36. The van der Waals surface area contributed by atoms with Gasteiger partial charge in [-0.25, -0.2) is 10.1 Å². The molecule has 0 radical (unpaired) electrons. The number of amides is 1. The Morgan fingerprint density at radius 1 is 1.17 bits per heavy atom. The number of nitrogens with zero attached hydrogens (tertiary/aromatic N) is 4. The topological polar surface area (TPSA) is 117 Å². The van der Waals surface area contributed by atoms with Crippen molar-refractivity contribution >= 4 is 18.1 Å². The summed E-state index contributed by atoms with van der Waals surface area (Å²) in [5.74, 6) is -0.276. The Morgan fingerprint density at radius 2 is 1.97 bits per heavy atom. The molecule has 1 heterocycles. The minimum Gasteiger partial charge on any atom is -0.493 e. The van der Waals surface area contributed by atoms with Gasteiger partial charge in [0.25, 0.3) is 5.91 Å². The number of benzene rings is 2. The maximum absolute atomic E-state index is 11.9. The van der Waals surface area contributed by atoms with Gasteiger partial charge >= 0.3 is 12.0 Å². The fourth-order valence-electron chi connectivity index (χ4n) is 2.36. The summed E-state index contributed by atoms with van der Waals surface area (Å²) < 4.78 is 17.0. The molecule has 0 aliphatic heterocycles. The van der Waals surface area contributed by atoms with E-state index in [-0.39, 0.29) is 12.6 Å². The second-order valence-corrected chi connectivity index (χ2v) is 5.89. The fraction of sp³-hybridized carbons (Fsp3) is 0.150. The van der Waals surface area contributed by atoms with Crippen molar-refractivity contribution in [1.82, 2.24) is 20.2 Å². The molecule has 0 fully saturated rings. The van der Waals surface area contributed by atoms with Crippen LogP contribution < -0.4 is 19.6 Å². The zero-order chi connectivity index (χ0) is 21.3. The van der Waals surface area contributed by atoms with Gasteiger partial charge in [0.2, 0.25) is 0 Å². The number of aromatic nitrogens is 3. The number of carbonyl (C=O) groups is 2. The molecule has 0 unspecified atom stereocenters. The van der Waals surface area contributed by atoms with Crippen LogP contribution >= 0.6 is 0 Å². The zero-order valence-corrected chi connectivity index (χ0v) is 16.3. The molecule has 154 valence electrons. The lowest BCUT2D eigenvalue weighted by Gasteiger charge is -2.08. The first-order chi connectivity index (χ1) is 14.5. The average Bonchev–Trinajstić information content (AvgIpc) is 3.22. The molecule has 30 heavy (non-hydrogen) atoms. The molecular weight excluding hydrogens is 390 g/mol. The highest BCUT2D eigenvalue weighted by Crippen LogP contribution is 2.27. The van der Waals surface area contributed by atoms with Crippen molar-refractivity contribution < 1.29 is 23.8 Å². The SMILES string of the molecule is COc1cc(/C=N/NC(=O)COc2ncn(-c3ccccc3)n2)ccc1OC(C)=O. The number of methoxy groups -OCH3 is 1. The van der Waals surface area contributed by atoms with Crippen LogP contribution in [0.3, 0.4) is 0 Å². The van der Waals surface area contributed by atoms with E-state index < -0.39 is 11.9 Å². The van der Waals surface area contributed by atoms with E-state index in [0.717, 1.165) is 5.69 Å². The Balaban J connectivity index is 1.50. The lowest BCUT2D eigenvalue weighted by atomic mass is 10.2. The van der Waals surface area contributed by atoms with Gasteiger partial charge in [-0.05, 0) is 35.9 Å². The van der Waals surface area contributed by atoms with Crippen LogP contribution in [-0.2, 0) is 9.59 Å². The normalized spacial score (nSPS) is 10.6. The van der Waals surface area contributed by atoms with Gasteiger partial charge < -0.3 is 14.2 Å². The van der Waals surface area contributed by atoms with E-state index in [1.807, 2.05) is 30.3 Å². The van der Waals surface area contributed by atoms with E-state index in [1.165, 1.54) is 31.3 Å². The van der Waals surface area contributed by atoms with Crippen molar-refractivity contribution in [2.45, 2.75) is 6.92 Å². The zero-order valence-electron chi connectivity index (χ0n) is 16.3. The predicted octanol–water partition coefficient (Wildman–Crippen LogP) is 1.73. The molecule has 0 aliphatic rings. The van der Waals surface area contributed by atoms with E-state index in [9.17, 15) is 9.59 Å². The van der Waals surface area contributed by atoms with Gasteiger partial charge in [-0.3, -0.25) is 9.59 Å². The molecule has 10 nitrogen and oxygen atoms in total. The van der Waals surface area contributed by atoms with E-state index in [4.69, 9.17) is 14.2 Å². The number of hydrogen-bond acceptors (Lipinski definition) is 8. The van der Waals surface area contributed by atoms with Crippen molar-refractivity contribution in [2.75, 3.05) is 13.7 Å². The lowest BCUT2D eigenvalue weighted by molar-refractivity contribution is -0.132. The van der Waals surface area contributed by atoms with Gasteiger partial charge in [0.1, 0.15) is 6.33 Å². The molecule has 0 bridgehead atoms. The third-order valence-corrected chi connectivity index (χ3v) is 3.67. The molecule has 3 aromatic rings. The highest BCUT2D eigenvalue weighted by Gasteiger charge is 2.08. The second-order valence-electron chi connectivity index (χ2n) is 5.89. The monoisotopic (exact) mass is 409 g/mol. The quantitative estimate of drug-likeness (QED) is 0.261. The van der Waals surface area contributed by atoms with E-state index >= 15 is 0 Å². The average molecular weight is 409 g/mol. The first kappa shape index (κ1) is 20.5. The van der Waals surface area contributed by atoms with E-state index in [1.54, 1.807) is 18.2 Å². The molecule has 2 aromatic carbocycles. The van der Waals surface area contributed by atoms with Crippen LogP contribution in [0.5, 0.6) is 17.5 Å². The molecule has 0 aliphatic carbocycles. The number of hydrazone groups is 1. The van der Waals surface area contributed by atoms with Gasteiger partial charge in [0.15, 0.2) is 18.1 Å². The van der Waals surface area contributed by atoms with Crippen LogP contribution in [0, 0.1) is 0 Å². The maximum Gasteiger partial charge on any atom is 0.336 e. The summed E-state index contributed by atoms with van der Waals surface area (Å²) >= 11 is 0. The molecule has 1 aromatic heterocycles. The largest absolute Gasteiger partial charge is 0.493 e. The molecule has 0 atom stereocenters. The third kappa shape index (κ3) is 5.64. The summed E-state index contributed by atoms with van der Waals surface area (Å²) in [6, 6.07) is 14.3. The summed E-state index contributed by atoms with van der Waals surface area (Å²) in [7, 11) is 1.45. The summed E-state index contributed by atoms with van der Waals surface area (Å²) in [5, 5.41) is 8.00. The molecule has 10 heteroatoms. The van der Waals surface area contributed by atoms with Crippen LogP contribution in [-0.4, -0.2) is 46.6 Å². The van der Waals surface area contributed by atoms with Crippen LogP contribution in [0.2, 0.25) is 0 Å². The summed E-state index contributed by atoms with van der Waals surface area (Å²) in [4.78, 5) is 27.0.